The molecule has 0 radical (unpaired) electrons. The van der Waals surface area contributed by atoms with Crippen LogP contribution in [0.15, 0.2) is 88.7 Å². The van der Waals surface area contributed by atoms with Gasteiger partial charge in [-0.25, -0.2) is 13.1 Å². The van der Waals surface area contributed by atoms with E-state index in [1.54, 1.807) is 36.0 Å². The van der Waals surface area contributed by atoms with E-state index in [-0.39, 0.29) is 23.4 Å². The first kappa shape index (κ1) is 24.0. The van der Waals surface area contributed by atoms with Crippen molar-refractivity contribution in [1.82, 2.24) is 10.0 Å². The van der Waals surface area contributed by atoms with Gasteiger partial charge in [0.05, 0.1) is 10.9 Å². The molecule has 5 nitrogen and oxygen atoms in total. The molecular formula is C25H28N2O3S2. The second-order valence-corrected chi connectivity index (χ2v) is 10.2. The van der Waals surface area contributed by atoms with Gasteiger partial charge in [-0.3, -0.25) is 4.79 Å². The molecule has 0 unspecified atom stereocenters. The monoisotopic (exact) mass is 468 g/mol. The zero-order valence-corrected chi connectivity index (χ0v) is 19.9. The Morgan fingerprint density at radius 2 is 1.56 bits per heavy atom. The Balaban J connectivity index is 1.49. The van der Waals surface area contributed by atoms with Gasteiger partial charge in [0.25, 0.3) is 0 Å². The average Bonchev–Trinajstić information content (AvgIpc) is 2.82. The van der Waals surface area contributed by atoms with Crippen molar-refractivity contribution in [3.63, 3.8) is 0 Å². The summed E-state index contributed by atoms with van der Waals surface area (Å²) in [6.07, 6.45) is 2.91. The van der Waals surface area contributed by atoms with Gasteiger partial charge in [0.1, 0.15) is 0 Å². The highest BCUT2D eigenvalue weighted by Crippen LogP contribution is 2.19. The molecule has 1 atom stereocenters. The molecule has 168 valence electrons. The van der Waals surface area contributed by atoms with Crippen LogP contribution in [0.3, 0.4) is 0 Å². The number of amides is 1. The molecule has 0 bridgehead atoms. The van der Waals surface area contributed by atoms with Crippen LogP contribution < -0.4 is 10.0 Å². The summed E-state index contributed by atoms with van der Waals surface area (Å²) in [7, 11) is -3.59. The van der Waals surface area contributed by atoms with Gasteiger partial charge in [0.15, 0.2) is 0 Å². The van der Waals surface area contributed by atoms with Gasteiger partial charge in [-0.2, -0.15) is 0 Å². The van der Waals surface area contributed by atoms with E-state index < -0.39 is 10.0 Å². The van der Waals surface area contributed by atoms with Crippen molar-refractivity contribution < 1.29 is 13.2 Å². The summed E-state index contributed by atoms with van der Waals surface area (Å²) in [6.45, 7) is 2.21. The molecule has 3 rings (SSSR count). The van der Waals surface area contributed by atoms with Crippen LogP contribution in [0.1, 0.15) is 36.1 Å². The molecule has 0 aliphatic heterocycles. The largest absolute Gasteiger partial charge is 0.350 e. The van der Waals surface area contributed by atoms with Gasteiger partial charge < -0.3 is 5.32 Å². The summed E-state index contributed by atoms with van der Waals surface area (Å²) in [5.74, 6) is -0.0346. The smallest absolute Gasteiger partial charge is 0.240 e. The zero-order valence-electron chi connectivity index (χ0n) is 18.2. The van der Waals surface area contributed by atoms with Gasteiger partial charge >= 0.3 is 0 Å². The number of thioether (sulfide) groups is 1. The van der Waals surface area contributed by atoms with Gasteiger partial charge in [-0.15, -0.1) is 11.8 Å². The molecule has 7 heteroatoms. The Hall–Kier alpha value is -2.61. The van der Waals surface area contributed by atoms with Crippen LogP contribution in [0.2, 0.25) is 0 Å². The minimum Gasteiger partial charge on any atom is -0.350 e. The Morgan fingerprint density at radius 1 is 0.906 bits per heavy atom. The number of hydrogen-bond donors (Lipinski definition) is 2. The summed E-state index contributed by atoms with van der Waals surface area (Å²) < 4.78 is 27.6. The molecule has 0 spiro atoms. The van der Waals surface area contributed by atoms with E-state index in [9.17, 15) is 13.2 Å². The second kappa shape index (κ2) is 11.3. The molecule has 32 heavy (non-hydrogen) atoms. The Bertz CT molecular complexity index is 1110. The topological polar surface area (TPSA) is 75.3 Å². The lowest BCUT2D eigenvalue weighted by molar-refractivity contribution is -0.121. The van der Waals surface area contributed by atoms with E-state index in [0.717, 1.165) is 16.7 Å². The maximum atomic E-state index is 12.5. The number of nitrogens with one attached hydrogen (secondary N) is 2. The Labute approximate surface area is 194 Å². The quantitative estimate of drug-likeness (QED) is 0.423. The highest BCUT2D eigenvalue weighted by Gasteiger charge is 2.14. The molecule has 0 aromatic heterocycles. The highest BCUT2D eigenvalue weighted by molar-refractivity contribution is 7.98. The fourth-order valence-corrected chi connectivity index (χ4v) is 4.67. The molecule has 0 aliphatic rings. The van der Waals surface area contributed by atoms with Gasteiger partial charge in [0, 0.05) is 17.9 Å². The third-order valence-electron chi connectivity index (χ3n) is 5.18. The molecular weight excluding hydrogens is 440 g/mol. The summed E-state index contributed by atoms with van der Waals surface area (Å²) in [5, 5.41) is 3.02. The van der Waals surface area contributed by atoms with E-state index in [4.69, 9.17) is 0 Å². The van der Waals surface area contributed by atoms with Crippen molar-refractivity contribution in [2.24, 2.45) is 0 Å². The van der Waals surface area contributed by atoms with Crippen LogP contribution in [0.25, 0.3) is 0 Å². The van der Waals surface area contributed by atoms with E-state index in [0.29, 0.717) is 12.8 Å². The molecule has 0 saturated heterocycles. The lowest BCUT2D eigenvalue weighted by atomic mass is 10.1. The fraction of sp³-hybridized carbons (Fsp3) is 0.240. The van der Waals surface area contributed by atoms with Gasteiger partial charge in [-0.05, 0) is 60.6 Å². The molecule has 3 aromatic rings. The van der Waals surface area contributed by atoms with Gasteiger partial charge in [0.2, 0.25) is 15.9 Å². The molecule has 2 N–H and O–H groups in total. The fourth-order valence-electron chi connectivity index (χ4n) is 3.24. The normalized spacial score (nSPS) is 12.3. The van der Waals surface area contributed by atoms with Crippen LogP contribution in [0.5, 0.6) is 0 Å². The van der Waals surface area contributed by atoms with Crippen LogP contribution in [0, 0.1) is 0 Å². The van der Waals surface area contributed by atoms with Crippen LogP contribution in [0.4, 0.5) is 0 Å². The number of carbonyl (C=O) groups is 1. The Morgan fingerprint density at radius 3 is 2.19 bits per heavy atom. The van der Waals surface area contributed by atoms with Crippen molar-refractivity contribution in [1.29, 1.82) is 0 Å². The van der Waals surface area contributed by atoms with Crippen molar-refractivity contribution in [3.05, 3.63) is 95.6 Å². The standard InChI is InChI=1S/C25H28N2O3S2/c1-19(22-11-13-23(31-2)14-12-22)27-25(28)17-10-20-8-15-24(16-9-20)32(29,30)26-18-21-6-4-3-5-7-21/h3-9,11-16,19,26H,10,17-18H2,1-2H3,(H,27,28)/t19-/m0/s1. The number of hydrogen-bond acceptors (Lipinski definition) is 4. The van der Waals surface area contributed by atoms with Gasteiger partial charge in [-0.1, -0.05) is 54.6 Å². The predicted octanol–water partition coefficient (Wildman–Crippen LogP) is 4.70. The number of rotatable bonds is 10. The maximum absolute atomic E-state index is 12.5. The molecule has 0 heterocycles. The van der Waals surface area contributed by atoms with E-state index >= 15 is 0 Å². The van der Waals surface area contributed by atoms with Crippen LogP contribution in [-0.4, -0.2) is 20.6 Å². The summed E-state index contributed by atoms with van der Waals surface area (Å²) in [5.41, 5.74) is 2.88. The molecule has 3 aromatic carbocycles. The van der Waals surface area contributed by atoms with Crippen LogP contribution in [-0.2, 0) is 27.8 Å². The number of aryl methyl sites for hydroxylation is 1. The van der Waals surface area contributed by atoms with Crippen molar-refractivity contribution >= 4 is 27.7 Å². The average molecular weight is 469 g/mol. The molecule has 0 fully saturated rings. The summed E-state index contributed by atoms with van der Waals surface area (Å²) in [4.78, 5) is 13.7. The highest BCUT2D eigenvalue weighted by atomic mass is 32.2. The lowest BCUT2D eigenvalue weighted by Gasteiger charge is -2.15. The third kappa shape index (κ3) is 6.95. The zero-order chi connectivity index (χ0) is 23.0. The first-order valence-corrected chi connectivity index (χ1v) is 13.1. The number of sulfonamides is 1. The molecule has 0 saturated carbocycles. The molecule has 0 aliphatic carbocycles. The van der Waals surface area contributed by atoms with E-state index in [1.165, 1.54) is 4.90 Å². The van der Waals surface area contributed by atoms with E-state index in [1.807, 2.05) is 67.8 Å². The SMILES string of the molecule is CSc1ccc([C@H](C)NC(=O)CCc2ccc(S(=O)(=O)NCc3ccccc3)cc2)cc1. The summed E-state index contributed by atoms with van der Waals surface area (Å²) >= 11 is 1.68. The predicted molar refractivity (Wildman–Crippen MR) is 130 cm³/mol. The third-order valence-corrected chi connectivity index (χ3v) is 7.34. The first-order valence-electron chi connectivity index (χ1n) is 10.4. The second-order valence-electron chi connectivity index (χ2n) is 7.52. The minimum atomic E-state index is -3.59. The minimum absolute atomic E-state index is 0.0346. The first-order chi connectivity index (χ1) is 15.4. The summed E-state index contributed by atoms with van der Waals surface area (Å²) in [6, 6.07) is 24.1. The van der Waals surface area contributed by atoms with Crippen molar-refractivity contribution in [2.45, 2.75) is 42.1 Å². The van der Waals surface area contributed by atoms with Crippen LogP contribution >= 0.6 is 11.8 Å². The number of carbonyl (C=O) groups excluding carboxylic acids is 1. The Kier molecular flexibility index (Phi) is 8.50. The maximum Gasteiger partial charge on any atom is 0.240 e. The van der Waals surface area contributed by atoms with E-state index in [2.05, 4.69) is 10.0 Å². The number of benzene rings is 3. The van der Waals surface area contributed by atoms with Crippen molar-refractivity contribution in [2.75, 3.05) is 6.26 Å². The lowest BCUT2D eigenvalue weighted by Crippen LogP contribution is -2.26. The van der Waals surface area contributed by atoms with Crippen molar-refractivity contribution in [3.8, 4) is 0 Å². The molecule has 1 amide bonds.